The molecule has 0 atom stereocenters. The highest BCUT2D eigenvalue weighted by Gasteiger charge is 2.28. The normalized spacial score (nSPS) is 11.8. The third-order valence-corrected chi connectivity index (χ3v) is 2.94. The molecule has 0 unspecified atom stereocenters. The fraction of sp³-hybridized carbons (Fsp3) is 0.357. The van der Waals surface area contributed by atoms with Crippen LogP contribution in [0.2, 0.25) is 0 Å². The molecule has 0 saturated heterocycles. The van der Waals surface area contributed by atoms with Crippen molar-refractivity contribution in [3.63, 3.8) is 0 Å². The molecule has 2 aromatic rings. The van der Waals surface area contributed by atoms with Crippen LogP contribution in [-0.2, 0) is 11.2 Å². The summed E-state index contributed by atoms with van der Waals surface area (Å²) in [4.78, 5) is 11.6. The summed E-state index contributed by atoms with van der Waals surface area (Å²) in [7, 11) is 0. The molecule has 0 aliphatic carbocycles. The van der Waals surface area contributed by atoms with E-state index in [0.29, 0.717) is 11.1 Å². The van der Waals surface area contributed by atoms with Gasteiger partial charge in [-0.25, -0.2) is 8.78 Å². The lowest BCUT2D eigenvalue weighted by molar-refractivity contribution is -0.123. The van der Waals surface area contributed by atoms with Crippen molar-refractivity contribution in [2.24, 2.45) is 0 Å². The van der Waals surface area contributed by atoms with Crippen LogP contribution in [0.1, 0.15) is 11.1 Å². The fourth-order valence-electron chi connectivity index (χ4n) is 1.85. The predicted octanol–water partition coefficient (Wildman–Crippen LogP) is 2.03. The van der Waals surface area contributed by atoms with Crippen molar-refractivity contribution in [3.8, 4) is 0 Å². The van der Waals surface area contributed by atoms with E-state index in [9.17, 15) is 13.6 Å². The average Bonchev–Trinajstić information content (AvgIpc) is 2.79. The summed E-state index contributed by atoms with van der Waals surface area (Å²) in [5, 5.41) is 11.3. The molecular formula is C14H15F2NO3. The molecule has 0 fully saturated rings. The molecule has 20 heavy (non-hydrogen) atoms. The van der Waals surface area contributed by atoms with Crippen LogP contribution in [0, 0.1) is 6.92 Å². The van der Waals surface area contributed by atoms with Gasteiger partial charge in [-0.05, 0) is 18.6 Å². The number of aliphatic hydroxyl groups is 1. The van der Waals surface area contributed by atoms with Crippen LogP contribution in [0.3, 0.4) is 0 Å². The van der Waals surface area contributed by atoms with Gasteiger partial charge in [0.25, 0.3) is 5.92 Å². The highest BCUT2D eigenvalue weighted by molar-refractivity contribution is 5.87. The van der Waals surface area contributed by atoms with Crippen molar-refractivity contribution in [3.05, 3.63) is 35.6 Å². The Bertz CT molecular complexity index is 622. The molecule has 1 heterocycles. The van der Waals surface area contributed by atoms with Gasteiger partial charge in [0.05, 0.1) is 19.2 Å². The van der Waals surface area contributed by atoms with E-state index < -0.39 is 25.0 Å². The molecule has 1 aromatic carbocycles. The number of halogens is 2. The van der Waals surface area contributed by atoms with E-state index in [1.807, 2.05) is 25.1 Å². The molecule has 1 amide bonds. The summed E-state index contributed by atoms with van der Waals surface area (Å²) in [6.07, 6.45) is 1.41. The number of alkyl halides is 2. The van der Waals surface area contributed by atoms with Crippen molar-refractivity contribution in [2.45, 2.75) is 19.3 Å². The van der Waals surface area contributed by atoms with E-state index in [1.54, 1.807) is 0 Å². The van der Waals surface area contributed by atoms with Gasteiger partial charge in [0, 0.05) is 10.9 Å². The molecule has 0 bridgehead atoms. The van der Waals surface area contributed by atoms with Gasteiger partial charge in [0.1, 0.15) is 12.2 Å². The van der Waals surface area contributed by atoms with E-state index in [2.05, 4.69) is 5.32 Å². The molecule has 1 aromatic heterocycles. The minimum Gasteiger partial charge on any atom is -0.464 e. The summed E-state index contributed by atoms with van der Waals surface area (Å²) >= 11 is 0. The Labute approximate surface area is 114 Å². The van der Waals surface area contributed by atoms with Crippen LogP contribution < -0.4 is 5.32 Å². The second kappa shape index (κ2) is 5.58. The number of aliphatic hydroxyl groups excluding tert-OH is 1. The van der Waals surface area contributed by atoms with Gasteiger partial charge in [-0.3, -0.25) is 4.79 Å². The van der Waals surface area contributed by atoms with E-state index in [0.717, 1.165) is 10.9 Å². The van der Waals surface area contributed by atoms with Gasteiger partial charge in [0.2, 0.25) is 5.91 Å². The second-order valence-electron chi connectivity index (χ2n) is 4.73. The fourth-order valence-corrected chi connectivity index (χ4v) is 1.85. The lowest BCUT2D eigenvalue weighted by Crippen LogP contribution is -2.39. The smallest absolute Gasteiger partial charge is 0.287 e. The molecule has 0 spiro atoms. The minimum atomic E-state index is -3.30. The van der Waals surface area contributed by atoms with Gasteiger partial charge < -0.3 is 14.8 Å². The number of aryl methyl sites for hydroxylation is 1. The van der Waals surface area contributed by atoms with E-state index in [-0.39, 0.29) is 6.42 Å². The highest BCUT2D eigenvalue weighted by Crippen LogP contribution is 2.22. The molecule has 0 aliphatic heterocycles. The number of benzene rings is 1. The highest BCUT2D eigenvalue weighted by atomic mass is 19.3. The van der Waals surface area contributed by atoms with Crippen LogP contribution in [0.25, 0.3) is 11.0 Å². The molecule has 2 rings (SSSR count). The first kappa shape index (κ1) is 14.5. The van der Waals surface area contributed by atoms with Crippen LogP contribution >= 0.6 is 0 Å². The van der Waals surface area contributed by atoms with Crippen molar-refractivity contribution in [1.82, 2.24) is 5.32 Å². The largest absolute Gasteiger partial charge is 0.464 e. The van der Waals surface area contributed by atoms with Crippen molar-refractivity contribution < 1.29 is 23.1 Å². The number of carbonyl (C=O) groups excluding carboxylic acids is 1. The molecule has 108 valence electrons. The molecular weight excluding hydrogens is 268 g/mol. The Kier molecular flexibility index (Phi) is 4.04. The zero-order chi connectivity index (χ0) is 14.8. The van der Waals surface area contributed by atoms with Gasteiger partial charge in [-0.15, -0.1) is 0 Å². The number of nitrogens with one attached hydrogen (secondary N) is 1. The summed E-state index contributed by atoms with van der Waals surface area (Å²) < 4.78 is 30.9. The first-order valence-corrected chi connectivity index (χ1v) is 6.13. The van der Waals surface area contributed by atoms with Crippen molar-refractivity contribution >= 4 is 16.9 Å². The van der Waals surface area contributed by atoms with E-state index in [1.165, 1.54) is 6.26 Å². The molecule has 6 heteroatoms. The summed E-state index contributed by atoms with van der Waals surface area (Å²) in [6.45, 7) is -0.246. The van der Waals surface area contributed by atoms with E-state index >= 15 is 0 Å². The van der Waals surface area contributed by atoms with Crippen LogP contribution in [0.15, 0.2) is 28.9 Å². The van der Waals surface area contributed by atoms with Gasteiger partial charge in [-0.2, -0.15) is 0 Å². The number of rotatable bonds is 5. The van der Waals surface area contributed by atoms with Crippen LogP contribution in [0.5, 0.6) is 0 Å². The molecule has 0 saturated carbocycles. The van der Waals surface area contributed by atoms with Crippen LogP contribution in [-0.4, -0.2) is 30.1 Å². The SMILES string of the molecule is Cc1ccc2c(CC(=O)NCC(F)(F)CO)coc2c1. The predicted molar refractivity (Wildman–Crippen MR) is 69.7 cm³/mol. The number of hydrogen-bond donors (Lipinski definition) is 2. The lowest BCUT2D eigenvalue weighted by Gasteiger charge is -2.13. The van der Waals surface area contributed by atoms with Crippen LogP contribution in [0.4, 0.5) is 8.78 Å². The third-order valence-electron chi connectivity index (χ3n) is 2.94. The zero-order valence-electron chi connectivity index (χ0n) is 11.0. The number of amides is 1. The Morgan fingerprint density at radius 3 is 2.90 bits per heavy atom. The topological polar surface area (TPSA) is 62.5 Å². The monoisotopic (exact) mass is 283 g/mol. The Hall–Kier alpha value is -1.95. The standard InChI is InChI=1S/C14H15F2NO3/c1-9-2-3-11-10(6-20-12(11)4-9)5-13(19)17-7-14(15,16)8-18/h2-4,6,18H,5,7-8H2,1H3,(H,17,19). The summed E-state index contributed by atoms with van der Waals surface area (Å²) in [5.74, 6) is -3.84. The summed E-state index contributed by atoms with van der Waals surface area (Å²) in [6, 6.07) is 5.56. The maximum atomic E-state index is 12.8. The Morgan fingerprint density at radius 2 is 2.20 bits per heavy atom. The zero-order valence-corrected chi connectivity index (χ0v) is 11.0. The first-order valence-electron chi connectivity index (χ1n) is 6.13. The maximum absolute atomic E-state index is 12.8. The third kappa shape index (κ3) is 3.33. The quantitative estimate of drug-likeness (QED) is 0.882. The van der Waals surface area contributed by atoms with Crippen molar-refractivity contribution in [1.29, 1.82) is 0 Å². The first-order chi connectivity index (χ1) is 9.41. The minimum absolute atomic E-state index is 0.0441. The van der Waals surface area contributed by atoms with Gasteiger partial charge in [0.15, 0.2) is 0 Å². The number of fused-ring (bicyclic) bond motifs is 1. The number of carbonyl (C=O) groups is 1. The molecule has 4 nitrogen and oxygen atoms in total. The number of hydrogen-bond acceptors (Lipinski definition) is 3. The van der Waals surface area contributed by atoms with Gasteiger partial charge >= 0.3 is 0 Å². The van der Waals surface area contributed by atoms with Gasteiger partial charge in [-0.1, -0.05) is 12.1 Å². The maximum Gasteiger partial charge on any atom is 0.287 e. The summed E-state index contributed by atoms with van der Waals surface area (Å²) in [5.41, 5.74) is 2.34. The van der Waals surface area contributed by atoms with Crippen molar-refractivity contribution in [2.75, 3.05) is 13.2 Å². The average molecular weight is 283 g/mol. The Morgan fingerprint density at radius 1 is 1.45 bits per heavy atom. The molecule has 2 N–H and O–H groups in total. The lowest BCUT2D eigenvalue weighted by atomic mass is 10.1. The second-order valence-corrected chi connectivity index (χ2v) is 4.73. The number of furan rings is 1. The molecule has 0 aliphatic rings. The molecule has 0 radical (unpaired) electrons. The van der Waals surface area contributed by atoms with E-state index in [4.69, 9.17) is 9.52 Å². The Balaban J connectivity index is 2.03.